The molecule has 2 aromatic heterocycles. The molecular weight excluding hydrogens is 723 g/mol. The number of benzene rings is 2. The molecule has 7 rings (SSSR count). The van der Waals surface area contributed by atoms with E-state index in [0.717, 1.165) is 65.3 Å². The molecule has 4 aromatic rings. The molecule has 1 N–H and O–H groups in total. The predicted octanol–water partition coefficient (Wildman–Crippen LogP) is 6.48. The van der Waals surface area contributed by atoms with Gasteiger partial charge in [-0.15, -0.1) is 0 Å². The highest BCUT2D eigenvalue weighted by atomic mass is 28.3. The Labute approximate surface area is 331 Å². The van der Waals surface area contributed by atoms with Crippen LogP contribution >= 0.6 is 0 Å². The molecule has 3 aliphatic heterocycles. The second-order valence-electron chi connectivity index (χ2n) is 16.9. The topological polar surface area (TPSA) is 118 Å². The van der Waals surface area contributed by atoms with E-state index in [-0.39, 0.29) is 17.6 Å². The first-order valence-corrected chi connectivity index (χ1v) is 24.1. The number of imidazole rings is 1. The van der Waals surface area contributed by atoms with E-state index in [0.29, 0.717) is 58.4 Å². The Hall–Kier alpha value is -4.64. The van der Waals surface area contributed by atoms with Crippen LogP contribution in [0.1, 0.15) is 62.1 Å². The van der Waals surface area contributed by atoms with E-state index in [9.17, 15) is 14.4 Å². The van der Waals surface area contributed by atoms with Crippen LogP contribution in [0.15, 0.2) is 59.7 Å². The van der Waals surface area contributed by atoms with Gasteiger partial charge in [-0.1, -0.05) is 62.3 Å². The first-order chi connectivity index (χ1) is 27.0. The Balaban J connectivity index is 1.04. The average molecular weight is 780 g/mol. The summed E-state index contributed by atoms with van der Waals surface area (Å²) in [4.78, 5) is 49.8. The third-order valence-corrected chi connectivity index (χ3v) is 13.2. The Morgan fingerprint density at radius 1 is 0.911 bits per heavy atom. The fourth-order valence-corrected chi connectivity index (χ4v) is 8.93. The van der Waals surface area contributed by atoms with E-state index < -0.39 is 20.3 Å². The van der Waals surface area contributed by atoms with Crippen LogP contribution in [0.5, 0.6) is 0 Å². The average Bonchev–Trinajstić information content (AvgIpc) is 3.81. The van der Waals surface area contributed by atoms with Crippen molar-refractivity contribution < 1.29 is 19.1 Å². The normalized spacial score (nSPS) is 18.1. The SMILES string of the molecule is Cc1cc(C#CC(OC(=O)N2CCC(n3cc(-c4ccccc4)[nH]c3=O)CC2)C(=O)N2CCC(N3CCCCC3)CC2)cc2cn(COCC[Si](C)(C)C)nc12. The Morgan fingerprint density at radius 3 is 2.32 bits per heavy atom. The number of fused-ring (bicyclic) bond motifs is 1. The number of carbonyl (C=O) groups is 2. The fourth-order valence-electron chi connectivity index (χ4n) is 8.17. The van der Waals surface area contributed by atoms with E-state index in [2.05, 4.69) is 41.4 Å². The molecule has 0 radical (unpaired) electrons. The summed E-state index contributed by atoms with van der Waals surface area (Å²) in [5, 5.41) is 5.68. The molecule has 0 aliphatic carbocycles. The molecule has 56 heavy (non-hydrogen) atoms. The van der Waals surface area contributed by atoms with Gasteiger partial charge < -0.3 is 29.2 Å². The summed E-state index contributed by atoms with van der Waals surface area (Å²) in [6.45, 7) is 14.4. The lowest BCUT2D eigenvalue weighted by Crippen LogP contribution is -2.51. The zero-order valence-corrected chi connectivity index (χ0v) is 34.5. The Bertz CT molecular complexity index is 2090. The predicted molar refractivity (Wildman–Crippen MR) is 221 cm³/mol. The third kappa shape index (κ3) is 9.83. The van der Waals surface area contributed by atoms with Gasteiger partial charge in [-0.05, 0) is 93.8 Å². The molecule has 2 aromatic carbocycles. The zero-order chi connectivity index (χ0) is 39.2. The number of rotatable bonds is 10. The highest BCUT2D eigenvalue weighted by Crippen LogP contribution is 2.26. The number of ether oxygens (including phenoxy) is 2. The van der Waals surface area contributed by atoms with Crippen LogP contribution in [0.25, 0.3) is 22.2 Å². The van der Waals surface area contributed by atoms with Crippen molar-refractivity contribution in [2.45, 2.75) is 102 Å². The van der Waals surface area contributed by atoms with E-state index in [1.54, 1.807) is 9.47 Å². The molecule has 298 valence electrons. The monoisotopic (exact) mass is 779 g/mol. The maximum Gasteiger partial charge on any atom is 0.411 e. The van der Waals surface area contributed by atoms with Crippen LogP contribution in [-0.4, -0.2) is 112 Å². The summed E-state index contributed by atoms with van der Waals surface area (Å²) >= 11 is 0. The molecule has 3 saturated heterocycles. The van der Waals surface area contributed by atoms with Crippen LogP contribution in [0.3, 0.4) is 0 Å². The summed E-state index contributed by atoms with van der Waals surface area (Å²) in [5.41, 5.74) is 4.11. The minimum absolute atomic E-state index is 0.0575. The smallest absolute Gasteiger partial charge is 0.411 e. The number of amides is 2. The molecule has 13 heteroatoms. The van der Waals surface area contributed by atoms with E-state index in [1.165, 1.54) is 19.3 Å². The van der Waals surface area contributed by atoms with Gasteiger partial charge in [0.05, 0.1) is 11.2 Å². The highest BCUT2D eigenvalue weighted by Gasteiger charge is 2.34. The van der Waals surface area contributed by atoms with Gasteiger partial charge >= 0.3 is 11.8 Å². The number of H-pyrrole nitrogens is 1. The van der Waals surface area contributed by atoms with Crippen molar-refractivity contribution in [2.24, 2.45) is 0 Å². The van der Waals surface area contributed by atoms with Gasteiger partial charge in [0, 0.05) is 76.3 Å². The minimum Gasteiger partial charge on any atom is -0.423 e. The molecular formula is C43H57N7O5Si. The van der Waals surface area contributed by atoms with Crippen molar-refractivity contribution in [2.75, 3.05) is 45.9 Å². The number of aryl methyl sites for hydroxylation is 1. The summed E-state index contributed by atoms with van der Waals surface area (Å²) in [5.74, 6) is 5.99. The third-order valence-electron chi connectivity index (χ3n) is 11.5. The van der Waals surface area contributed by atoms with E-state index >= 15 is 0 Å². The summed E-state index contributed by atoms with van der Waals surface area (Å²) in [6.07, 6.45) is 8.76. The van der Waals surface area contributed by atoms with Crippen LogP contribution in [0.2, 0.25) is 25.7 Å². The number of piperidine rings is 3. The van der Waals surface area contributed by atoms with Crippen LogP contribution in [0.4, 0.5) is 4.79 Å². The van der Waals surface area contributed by atoms with Crippen molar-refractivity contribution >= 4 is 31.0 Å². The van der Waals surface area contributed by atoms with Gasteiger partial charge in [-0.3, -0.25) is 9.36 Å². The fraction of sp³-hybridized carbons (Fsp3) is 0.535. The van der Waals surface area contributed by atoms with Crippen molar-refractivity contribution in [3.05, 3.63) is 76.5 Å². The van der Waals surface area contributed by atoms with Gasteiger partial charge in [0.25, 0.3) is 5.91 Å². The van der Waals surface area contributed by atoms with Crippen molar-refractivity contribution in [3.63, 3.8) is 0 Å². The Kier molecular flexibility index (Phi) is 12.5. The number of aromatic amines is 1. The highest BCUT2D eigenvalue weighted by molar-refractivity contribution is 6.76. The number of aromatic nitrogens is 4. The molecule has 3 aliphatic rings. The maximum absolute atomic E-state index is 14.1. The number of nitrogens with zero attached hydrogens (tertiary/aromatic N) is 6. The lowest BCUT2D eigenvalue weighted by atomic mass is 9.99. The summed E-state index contributed by atoms with van der Waals surface area (Å²) in [6, 6.07) is 15.2. The van der Waals surface area contributed by atoms with Gasteiger partial charge in [0.2, 0.25) is 6.10 Å². The number of hydrogen-bond acceptors (Lipinski definition) is 7. The second-order valence-corrected chi connectivity index (χ2v) is 22.5. The largest absolute Gasteiger partial charge is 0.423 e. The van der Waals surface area contributed by atoms with E-state index in [4.69, 9.17) is 14.6 Å². The lowest BCUT2D eigenvalue weighted by Gasteiger charge is -2.40. The van der Waals surface area contributed by atoms with Gasteiger partial charge in [0.15, 0.2) is 0 Å². The van der Waals surface area contributed by atoms with Crippen LogP contribution in [-0.2, 0) is 21.0 Å². The van der Waals surface area contributed by atoms with Crippen molar-refractivity contribution in [3.8, 4) is 23.1 Å². The van der Waals surface area contributed by atoms with Crippen molar-refractivity contribution in [1.29, 1.82) is 0 Å². The number of hydrogen-bond donors (Lipinski definition) is 1. The van der Waals surface area contributed by atoms with Gasteiger partial charge in [-0.25, -0.2) is 14.3 Å². The first kappa shape index (κ1) is 39.6. The van der Waals surface area contributed by atoms with Crippen molar-refractivity contribution in [1.82, 2.24) is 34.0 Å². The van der Waals surface area contributed by atoms with Crippen LogP contribution < -0.4 is 5.69 Å². The van der Waals surface area contributed by atoms with E-state index in [1.807, 2.05) is 71.4 Å². The Morgan fingerprint density at radius 2 is 1.61 bits per heavy atom. The molecule has 1 unspecified atom stereocenters. The van der Waals surface area contributed by atoms with Gasteiger partial charge in [-0.2, -0.15) is 5.10 Å². The molecule has 1 atom stereocenters. The zero-order valence-electron chi connectivity index (χ0n) is 33.5. The van der Waals surface area contributed by atoms with Gasteiger partial charge in [0.1, 0.15) is 6.73 Å². The maximum atomic E-state index is 14.1. The minimum atomic E-state index is -1.24. The molecule has 0 saturated carbocycles. The van der Waals surface area contributed by atoms with Crippen LogP contribution in [0, 0.1) is 18.8 Å². The molecule has 12 nitrogen and oxygen atoms in total. The molecule has 0 spiro atoms. The molecule has 3 fully saturated rings. The second kappa shape index (κ2) is 17.7. The standard InChI is InChI=1S/C43H57N7O5Si/c1-32-27-33(28-35-29-49(45-40(32)35)31-54-25-26-56(2,3)4)13-14-39(41(51)47-21-15-36(16-22-47)46-19-9-6-10-20-46)55-43(53)48-23-17-37(18-24-48)50-30-38(44-42(50)52)34-11-7-5-8-12-34/h5,7-8,11-12,27-30,36-37,39H,6,9-10,15-26,31H2,1-4H3,(H,44,52). The lowest BCUT2D eigenvalue weighted by molar-refractivity contribution is -0.139. The summed E-state index contributed by atoms with van der Waals surface area (Å²) < 4.78 is 15.5. The number of nitrogens with one attached hydrogen (secondary N) is 1. The quantitative estimate of drug-likeness (QED) is 0.111. The number of likely N-dealkylation sites (tertiary alicyclic amines) is 3. The summed E-state index contributed by atoms with van der Waals surface area (Å²) in [7, 11) is -1.18. The molecule has 2 amide bonds. The number of carbonyl (C=O) groups excluding carboxylic acids is 2. The molecule has 0 bridgehead atoms. The molecule has 5 heterocycles. The first-order valence-electron chi connectivity index (χ1n) is 20.4.